The fraction of sp³-hybridized carbons (Fsp3) is 0.115. The van der Waals surface area contributed by atoms with Crippen LogP contribution < -0.4 is 14.2 Å². The molecule has 0 saturated heterocycles. The van der Waals surface area contributed by atoms with Gasteiger partial charge in [0.05, 0.1) is 17.6 Å². The number of nitrogens with zero attached hydrogens (tertiary/aromatic N) is 4. The van der Waals surface area contributed by atoms with Crippen molar-refractivity contribution in [2.24, 2.45) is 0 Å². The number of aromatic nitrogens is 4. The lowest BCUT2D eigenvalue weighted by Crippen LogP contribution is -2.28. The molecule has 0 amide bonds. The number of hydrogen-bond acceptors (Lipinski definition) is 7. The molecule has 9 nitrogen and oxygen atoms in total. The molecule has 0 unspecified atom stereocenters. The second-order valence-electron chi connectivity index (χ2n) is 7.80. The molecule has 0 aliphatic carbocycles. The molecule has 0 saturated carbocycles. The number of methoxy groups -OCH3 is 1. The summed E-state index contributed by atoms with van der Waals surface area (Å²) in [6, 6.07) is 27.4. The Morgan fingerprint density at radius 1 is 0.833 bits per heavy atom. The highest BCUT2D eigenvalue weighted by molar-refractivity contribution is 7.89. The van der Waals surface area contributed by atoms with E-state index in [1.54, 1.807) is 48.0 Å². The highest BCUT2D eigenvalue weighted by Gasteiger charge is 2.16. The smallest absolute Gasteiger partial charge is 0.240 e. The zero-order chi connectivity index (χ0) is 25.0. The van der Waals surface area contributed by atoms with Gasteiger partial charge in [0.2, 0.25) is 15.9 Å². The van der Waals surface area contributed by atoms with Crippen molar-refractivity contribution in [3.63, 3.8) is 0 Å². The van der Waals surface area contributed by atoms with Gasteiger partial charge in [-0.05, 0) is 41.5 Å². The summed E-state index contributed by atoms with van der Waals surface area (Å²) in [6.45, 7) is 0.163. The number of ether oxygens (including phenoxy) is 2. The molecule has 0 radical (unpaired) electrons. The summed E-state index contributed by atoms with van der Waals surface area (Å²) < 4.78 is 40.6. The standard InChI is InChI=1S/C26H23N5O4S/c1-34-23-10-6-5-9-22(23)26-29-28-24-15-16-25(30-31(24)26)35-18-17-27-36(32,33)21-13-11-20(12-14-21)19-7-3-2-4-8-19/h2-16,27H,17-18H2,1H3. The first-order valence-corrected chi connectivity index (χ1v) is 12.7. The van der Waals surface area contributed by atoms with Gasteiger partial charge < -0.3 is 9.47 Å². The summed E-state index contributed by atoms with van der Waals surface area (Å²) in [5.41, 5.74) is 3.25. The van der Waals surface area contributed by atoms with E-state index in [1.807, 2.05) is 54.6 Å². The van der Waals surface area contributed by atoms with Crippen LogP contribution in [-0.2, 0) is 10.0 Å². The molecule has 0 bridgehead atoms. The molecule has 3 aromatic carbocycles. The van der Waals surface area contributed by atoms with Gasteiger partial charge in [0.1, 0.15) is 12.4 Å². The Morgan fingerprint density at radius 3 is 2.33 bits per heavy atom. The molecule has 1 N–H and O–H groups in total. The largest absolute Gasteiger partial charge is 0.496 e. The van der Waals surface area contributed by atoms with Gasteiger partial charge in [-0.1, -0.05) is 54.6 Å². The Morgan fingerprint density at radius 2 is 1.56 bits per heavy atom. The highest BCUT2D eigenvalue weighted by atomic mass is 32.2. The molecule has 5 rings (SSSR count). The molecule has 0 fully saturated rings. The second kappa shape index (κ2) is 10.1. The monoisotopic (exact) mass is 501 g/mol. The second-order valence-corrected chi connectivity index (χ2v) is 9.57. The Hall–Kier alpha value is -4.28. The van der Waals surface area contributed by atoms with E-state index >= 15 is 0 Å². The van der Waals surface area contributed by atoms with Crippen LogP contribution in [0, 0.1) is 0 Å². The summed E-state index contributed by atoms with van der Waals surface area (Å²) in [5, 5.41) is 12.8. The van der Waals surface area contributed by atoms with Crippen molar-refractivity contribution in [2.45, 2.75) is 4.90 Å². The number of sulfonamides is 1. The predicted octanol–water partition coefficient (Wildman–Crippen LogP) is 3.82. The fourth-order valence-corrected chi connectivity index (χ4v) is 4.73. The molecule has 0 aliphatic heterocycles. The van der Waals surface area contributed by atoms with Crippen LogP contribution in [0.2, 0.25) is 0 Å². The number of fused-ring (bicyclic) bond motifs is 1. The third-order valence-corrected chi connectivity index (χ3v) is 6.98. The summed E-state index contributed by atoms with van der Waals surface area (Å²) >= 11 is 0. The molecule has 5 aromatic rings. The van der Waals surface area contributed by atoms with Gasteiger partial charge in [0, 0.05) is 12.6 Å². The Bertz CT molecular complexity index is 1590. The van der Waals surface area contributed by atoms with Gasteiger partial charge in [0.15, 0.2) is 11.5 Å². The summed E-state index contributed by atoms with van der Waals surface area (Å²) in [6.07, 6.45) is 0. The molecule has 10 heteroatoms. The fourth-order valence-electron chi connectivity index (χ4n) is 3.72. The zero-order valence-corrected chi connectivity index (χ0v) is 20.2. The maximum absolute atomic E-state index is 12.7. The van der Waals surface area contributed by atoms with Crippen molar-refractivity contribution in [1.82, 2.24) is 24.5 Å². The van der Waals surface area contributed by atoms with Gasteiger partial charge in [-0.3, -0.25) is 0 Å². The zero-order valence-electron chi connectivity index (χ0n) is 19.4. The topological polar surface area (TPSA) is 108 Å². The quantitative estimate of drug-likeness (QED) is 0.306. The number of nitrogens with one attached hydrogen (secondary N) is 1. The molecule has 2 aromatic heterocycles. The van der Waals surface area contributed by atoms with Gasteiger partial charge in [-0.15, -0.1) is 15.3 Å². The van der Waals surface area contributed by atoms with E-state index in [4.69, 9.17) is 9.47 Å². The van der Waals surface area contributed by atoms with Crippen LogP contribution in [-0.4, -0.2) is 48.5 Å². The van der Waals surface area contributed by atoms with Crippen LogP contribution in [0.4, 0.5) is 0 Å². The molecular weight excluding hydrogens is 478 g/mol. The maximum Gasteiger partial charge on any atom is 0.240 e. The number of para-hydroxylation sites is 1. The summed E-state index contributed by atoms with van der Waals surface area (Å²) in [7, 11) is -2.09. The van der Waals surface area contributed by atoms with Crippen LogP contribution in [0.25, 0.3) is 28.2 Å². The Kier molecular flexibility index (Phi) is 6.61. The third kappa shape index (κ3) is 4.90. The first kappa shape index (κ1) is 23.5. The number of benzene rings is 3. The first-order valence-electron chi connectivity index (χ1n) is 11.2. The lowest BCUT2D eigenvalue weighted by molar-refractivity contribution is 0.306. The molecule has 2 heterocycles. The SMILES string of the molecule is COc1ccccc1-c1nnc2ccc(OCCNS(=O)(=O)c3ccc(-c4ccccc4)cc3)nn12. The van der Waals surface area contributed by atoms with Gasteiger partial charge in [-0.25, -0.2) is 13.1 Å². The van der Waals surface area contributed by atoms with Crippen molar-refractivity contribution in [1.29, 1.82) is 0 Å². The van der Waals surface area contributed by atoms with E-state index in [-0.39, 0.29) is 18.0 Å². The van der Waals surface area contributed by atoms with Gasteiger partial charge >= 0.3 is 0 Å². The average molecular weight is 502 g/mol. The first-order chi connectivity index (χ1) is 17.5. The normalized spacial score (nSPS) is 11.5. The number of hydrogen-bond donors (Lipinski definition) is 1. The lowest BCUT2D eigenvalue weighted by atomic mass is 10.1. The van der Waals surface area contributed by atoms with E-state index in [0.29, 0.717) is 23.1 Å². The minimum absolute atomic E-state index is 0.0734. The van der Waals surface area contributed by atoms with E-state index < -0.39 is 10.0 Å². The summed E-state index contributed by atoms with van der Waals surface area (Å²) in [4.78, 5) is 0.188. The minimum Gasteiger partial charge on any atom is -0.496 e. The van der Waals surface area contributed by atoms with Crippen LogP contribution in [0.3, 0.4) is 0 Å². The van der Waals surface area contributed by atoms with Crippen LogP contribution in [0.5, 0.6) is 11.6 Å². The molecule has 0 aliphatic rings. The van der Waals surface area contributed by atoms with E-state index in [0.717, 1.165) is 16.7 Å². The van der Waals surface area contributed by atoms with Crippen molar-refractivity contribution in [2.75, 3.05) is 20.3 Å². The molecule has 182 valence electrons. The Labute approximate surface area is 208 Å². The van der Waals surface area contributed by atoms with E-state index in [1.165, 1.54) is 0 Å². The predicted molar refractivity (Wildman–Crippen MR) is 135 cm³/mol. The number of rotatable bonds is 9. The van der Waals surface area contributed by atoms with Crippen molar-refractivity contribution in [3.05, 3.63) is 91.0 Å². The van der Waals surface area contributed by atoms with Crippen LogP contribution in [0.15, 0.2) is 95.9 Å². The Balaban J connectivity index is 1.23. The van der Waals surface area contributed by atoms with Crippen LogP contribution in [0.1, 0.15) is 0 Å². The summed E-state index contributed by atoms with van der Waals surface area (Å²) in [5.74, 6) is 1.46. The highest BCUT2D eigenvalue weighted by Crippen LogP contribution is 2.28. The average Bonchev–Trinajstić information content (AvgIpc) is 3.35. The molecule has 0 atom stereocenters. The molecule has 0 spiro atoms. The third-order valence-electron chi connectivity index (χ3n) is 5.50. The van der Waals surface area contributed by atoms with Crippen molar-refractivity contribution in [3.8, 4) is 34.1 Å². The molecular formula is C26H23N5O4S. The molecule has 36 heavy (non-hydrogen) atoms. The van der Waals surface area contributed by atoms with E-state index in [2.05, 4.69) is 20.0 Å². The van der Waals surface area contributed by atoms with E-state index in [9.17, 15) is 8.42 Å². The van der Waals surface area contributed by atoms with Crippen molar-refractivity contribution >= 4 is 15.7 Å². The lowest BCUT2D eigenvalue weighted by Gasteiger charge is -2.10. The maximum atomic E-state index is 12.7. The minimum atomic E-state index is -3.68. The van der Waals surface area contributed by atoms with Gasteiger partial charge in [-0.2, -0.15) is 4.52 Å². The van der Waals surface area contributed by atoms with Gasteiger partial charge in [0.25, 0.3) is 0 Å². The van der Waals surface area contributed by atoms with Crippen LogP contribution >= 0.6 is 0 Å². The van der Waals surface area contributed by atoms with Crippen molar-refractivity contribution < 1.29 is 17.9 Å².